The van der Waals surface area contributed by atoms with Crippen LogP contribution in [-0.2, 0) is 43.8 Å². The van der Waals surface area contributed by atoms with Gasteiger partial charge in [0.2, 0.25) is 24.0 Å². The molecule has 5 rings (SSSR count). The highest BCUT2D eigenvalue weighted by atomic mass is 16.8. The molecule has 2 heterocycles. The van der Waals surface area contributed by atoms with E-state index in [1.807, 2.05) is 0 Å². The molecule has 218 valence electrons. The highest BCUT2D eigenvalue weighted by Gasteiger charge is 2.63. The van der Waals surface area contributed by atoms with Gasteiger partial charge in [0.1, 0.15) is 17.2 Å². The Hall–Kier alpha value is -5.11. The number of rotatable bonds is 5. The molecule has 0 N–H and O–H groups in total. The predicted molar refractivity (Wildman–Crippen MR) is 133 cm³/mol. The van der Waals surface area contributed by atoms with Crippen LogP contribution in [-0.4, -0.2) is 54.0 Å². The normalized spacial score (nSPS) is 21.2. The van der Waals surface area contributed by atoms with E-state index in [9.17, 15) is 33.6 Å². The van der Waals surface area contributed by atoms with E-state index < -0.39 is 76.5 Å². The fourth-order valence-corrected chi connectivity index (χ4v) is 5.28. The largest absolute Gasteiger partial charge is 0.459 e. The smallest absolute Gasteiger partial charge is 0.308 e. The van der Waals surface area contributed by atoms with Gasteiger partial charge in [-0.15, -0.1) is 0 Å². The van der Waals surface area contributed by atoms with Crippen molar-refractivity contribution in [2.75, 3.05) is 0 Å². The maximum absolute atomic E-state index is 14.2. The van der Waals surface area contributed by atoms with E-state index in [4.69, 9.17) is 33.2 Å². The Morgan fingerprint density at radius 2 is 1.33 bits per heavy atom. The molecule has 0 spiro atoms. The van der Waals surface area contributed by atoms with E-state index in [-0.39, 0.29) is 40.4 Å². The lowest BCUT2D eigenvalue weighted by atomic mass is 9.79. The van der Waals surface area contributed by atoms with Crippen LogP contribution in [0.2, 0.25) is 0 Å². The molecule has 0 bridgehead atoms. The molecular formula is C28H22O14. The van der Waals surface area contributed by atoms with Crippen LogP contribution in [0.1, 0.15) is 78.4 Å². The van der Waals surface area contributed by atoms with Crippen LogP contribution >= 0.6 is 0 Å². The van der Waals surface area contributed by atoms with Crippen molar-refractivity contribution in [2.45, 2.75) is 59.2 Å². The van der Waals surface area contributed by atoms with Crippen LogP contribution in [0.4, 0.5) is 0 Å². The zero-order valence-electron chi connectivity index (χ0n) is 22.8. The first-order valence-corrected chi connectivity index (χ1v) is 12.5. The molecule has 2 aromatic carbocycles. The molecule has 2 aromatic rings. The SMILES string of the molecule is CC(=O)Oc1ccc(OC(C)=O)c2c1C(=O)c1cc3c(c(OC(C)=O)c1C2=O)[C@]1(OC(C)=O)C[C@H](OC(C)=O)O[C@@H]1O3. The molecule has 0 unspecified atom stereocenters. The van der Waals surface area contributed by atoms with Crippen molar-refractivity contribution in [3.8, 4) is 23.0 Å². The fourth-order valence-electron chi connectivity index (χ4n) is 5.28. The van der Waals surface area contributed by atoms with Crippen molar-refractivity contribution in [1.29, 1.82) is 0 Å². The molecule has 14 heteroatoms. The molecule has 14 nitrogen and oxygen atoms in total. The summed E-state index contributed by atoms with van der Waals surface area (Å²) in [5.41, 5.74) is -3.57. The van der Waals surface area contributed by atoms with Crippen LogP contribution in [0, 0.1) is 0 Å². The minimum atomic E-state index is -1.87. The summed E-state index contributed by atoms with van der Waals surface area (Å²) in [6.45, 7) is 5.44. The Bertz CT molecular complexity index is 1640. The van der Waals surface area contributed by atoms with Crippen molar-refractivity contribution in [3.63, 3.8) is 0 Å². The average Bonchev–Trinajstić information content (AvgIpc) is 3.31. The summed E-state index contributed by atoms with van der Waals surface area (Å²) in [5, 5.41) is 0. The molecule has 3 atom stereocenters. The van der Waals surface area contributed by atoms with Crippen LogP contribution in [0.5, 0.6) is 23.0 Å². The van der Waals surface area contributed by atoms with Crippen LogP contribution in [0.15, 0.2) is 18.2 Å². The Morgan fingerprint density at radius 1 is 0.762 bits per heavy atom. The van der Waals surface area contributed by atoms with E-state index in [1.54, 1.807) is 0 Å². The third kappa shape index (κ3) is 4.55. The number of benzene rings is 2. The van der Waals surface area contributed by atoms with Gasteiger partial charge >= 0.3 is 29.8 Å². The Balaban J connectivity index is 1.80. The van der Waals surface area contributed by atoms with E-state index in [2.05, 4.69) is 0 Å². The molecule has 0 aromatic heterocycles. The summed E-state index contributed by atoms with van der Waals surface area (Å²) in [6, 6.07) is 3.53. The Labute approximate surface area is 236 Å². The zero-order chi connectivity index (χ0) is 30.7. The van der Waals surface area contributed by atoms with E-state index in [0.717, 1.165) is 34.6 Å². The third-order valence-corrected chi connectivity index (χ3v) is 6.46. The number of carbonyl (C=O) groups is 7. The minimum absolute atomic E-state index is 0.124. The van der Waals surface area contributed by atoms with Crippen LogP contribution < -0.4 is 18.9 Å². The lowest BCUT2D eigenvalue weighted by molar-refractivity contribution is -0.204. The summed E-state index contributed by atoms with van der Waals surface area (Å²) >= 11 is 0. The molecule has 1 aliphatic carbocycles. The predicted octanol–water partition coefficient (Wildman–Crippen LogP) is 2.02. The molecule has 42 heavy (non-hydrogen) atoms. The molecule has 0 saturated carbocycles. The highest BCUT2D eigenvalue weighted by molar-refractivity contribution is 6.31. The van der Waals surface area contributed by atoms with Gasteiger partial charge in [-0.2, -0.15) is 0 Å². The second kappa shape index (κ2) is 10.1. The van der Waals surface area contributed by atoms with Crippen LogP contribution in [0.3, 0.4) is 0 Å². The lowest BCUT2D eigenvalue weighted by Crippen LogP contribution is -2.38. The molecule has 3 aliphatic rings. The van der Waals surface area contributed by atoms with Gasteiger partial charge in [-0.1, -0.05) is 0 Å². The van der Waals surface area contributed by atoms with Gasteiger partial charge in [0, 0.05) is 40.2 Å². The van der Waals surface area contributed by atoms with E-state index in [0.29, 0.717) is 0 Å². The van der Waals surface area contributed by atoms with Gasteiger partial charge in [-0.3, -0.25) is 38.3 Å². The van der Waals surface area contributed by atoms with Crippen molar-refractivity contribution in [3.05, 3.63) is 46.0 Å². The number of ether oxygens (including phenoxy) is 7. The number of hydrogen-bond acceptors (Lipinski definition) is 14. The van der Waals surface area contributed by atoms with E-state index in [1.165, 1.54) is 18.2 Å². The molecule has 1 saturated heterocycles. The third-order valence-electron chi connectivity index (χ3n) is 6.46. The second-order valence-electron chi connectivity index (χ2n) is 9.56. The number of esters is 5. The molecule has 1 fully saturated rings. The number of carbonyl (C=O) groups excluding carboxylic acids is 7. The zero-order valence-corrected chi connectivity index (χ0v) is 22.8. The quantitative estimate of drug-likeness (QED) is 0.314. The van der Waals surface area contributed by atoms with Crippen molar-refractivity contribution >= 4 is 41.4 Å². The molecular weight excluding hydrogens is 560 g/mol. The number of ketones is 2. The van der Waals surface area contributed by atoms with Crippen molar-refractivity contribution in [2.24, 2.45) is 0 Å². The maximum Gasteiger partial charge on any atom is 0.308 e. The van der Waals surface area contributed by atoms with Gasteiger partial charge in [-0.05, 0) is 18.2 Å². The summed E-state index contributed by atoms with van der Waals surface area (Å²) in [5.74, 6) is -7.07. The summed E-state index contributed by atoms with van der Waals surface area (Å²) in [6.07, 6.45) is -2.99. The Morgan fingerprint density at radius 3 is 1.86 bits per heavy atom. The second-order valence-corrected chi connectivity index (χ2v) is 9.56. The lowest BCUT2D eigenvalue weighted by Gasteiger charge is -2.29. The van der Waals surface area contributed by atoms with Gasteiger partial charge in [0.15, 0.2) is 11.5 Å². The first-order valence-electron chi connectivity index (χ1n) is 12.5. The summed E-state index contributed by atoms with van der Waals surface area (Å²) in [7, 11) is 0. The first-order chi connectivity index (χ1) is 19.7. The fraction of sp³-hybridized carbons (Fsp3) is 0.321. The van der Waals surface area contributed by atoms with Crippen molar-refractivity contribution in [1.82, 2.24) is 0 Å². The van der Waals surface area contributed by atoms with Gasteiger partial charge in [0.05, 0.1) is 28.7 Å². The monoisotopic (exact) mass is 582 g/mol. The van der Waals surface area contributed by atoms with Gasteiger partial charge in [-0.25, -0.2) is 0 Å². The van der Waals surface area contributed by atoms with Gasteiger partial charge < -0.3 is 28.4 Å². The minimum Gasteiger partial charge on any atom is -0.459 e. The number of fused-ring (bicyclic) bond motifs is 5. The molecule has 0 radical (unpaired) electrons. The highest BCUT2D eigenvalue weighted by Crippen LogP contribution is 2.58. The standard InChI is InChI=1S/C28H22O14/c1-10(29)36-16-6-7-17(37-11(2)30)22-21(16)24(34)15-8-18-23(26(39-13(4)32)20(15)25(22)35)28(42-14(5)33)9-19(38-12(3)31)41-27(28)40-18/h6-8,19,27H,9H2,1-5H3/t19-,27+,28-/m1/s1. The van der Waals surface area contributed by atoms with Crippen molar-refractivity contribution < 1.29 is 66.7 Å². The molecule has 2 aliphatic heterocycles. The van der Waals surface area contributed by atoms with E-state index >= 15 is 0 Å². The van der Waals surface area contributed by atoms with Crippen LogP contribution in [0.25, 0.3) is 0 Å². The molecule has 0 amide bonds. The maximum atomic E-state index is 14.2. The topological polar surface area (TPSA) is 184 Å². The Kier molecular flexibility index (Phi) is 6.81. The first kappa shape index (κ1) is 28.4. The number of hydrogen-bond donors (Lipinski definition) is 0. The summed E-state index contributed by atoms with van der Waals surface area (Å²) in [4.78, 5) is 88.1. The van der Waals surface area contributed by atoms with Gasteiger partial charge in [0.25, 0.3) is 0 Å². The average molecular weight is 582 g/mol. The summed E-state index contributed by atoms with van der Waals surface area (Å²) < 4.78 is 38.2.